The van der Waals surface area contributed by atoms with Gasteiger partial charge >= 0.3 is 0 Å². The van der Waals surface area contributed by atoms with Crippen LogP contribution in [0.25, 0.3) is 21.8 Å². The topological polar surface area (TPSA) is 31.6 Å². The molecule has 0 aliphatic rings. The third kappa shape index (κ3) is 1.87. The number of para-hydroxylation sites is 2. The fraction of sp³-hybridized carbons (Fsp3) is 0.200. The molecule has 0 saturated carbocycles. The van der Waals surface area contributed by atoms with Gasteiger partial charge < -0.3 is 9.97 Å². The first kappa shape index (κ1) is 13.2. The summed E-state index contributed by atoms with van der Waals surface area (Å²) < 4.78 is 0. The summed E-state index contributed by atoms with van der Waals surface area (Å²) >= 11 is 0. The Labute approximate surface area is 130 Å². The normalized spacial score (nSPS) is 13.0. The summed E-state index contributed by atoms with van der Waals surface area (Å²) in [5.74, 6) is 0.358. The quantitative estimate of drug-likeness (QED) is 0.508. The Balaban J connectivity index is 1.88. The molecular weight excluding hydrogens is 268 g/mol. The van der Waals surface area contributed by atoms with Crippen LogP contribution in [0.15, 0.2) is 54.9 Å². The Morgan fingerprint density at radius 3 is 2.45 bits per heavy atom. The number of hydrogen-bond acceptors (Lipinski definition) is 0. The van der Waals surface area contributed by atoms with E-state index in [9.17, 15) is 0 Å². The third-order valence-corrected chi connectivity index (χ3v) is 4.77. The standard InChI is InChI=1S/C20H20N2/c1-3-14-7-6-9-16-18(12-22-20(14)16)13(2)17-11-21-19-10-5-4-8-15(17)19/h4-13,21-22H,3H2,1-2H3. The van der Waals surface area contributed by atoms with Gasteiger partial charge in [0.1, 0.15) is 0 Å². The van der Waals surface area contributed by atoms with Crippen molar-refractivity contribution in [2.45, 2.75) is 26.2 Å². The number of benzene rings is 2. The van der Waals surface area contributed by atoms with Gasteiger partial charge in [0, 0.05) is 40.1 Å². The van der Waals surface area contributed by atoms with E-state index in [1.807, 2.05) is 0 Å². The van der Waals surface area contributed by atoms with Crippen molar-refractivity contribution in [3.63, 3.8) is 0 Å². The smallest absolute Gasteiger partial charge is 0.0489 e. The van der Waals surface area contributed by atoms with Crippen molar-refractivity contribution in [2.75, 3.05) is 0 Å². The Bertz CT molecular complexity index is 943. The molecule has 2 aromatic carbocycles. The summed E-state index contributed by atoms with van der Waals surface area (Å²) in [6.07, 6.45) is 5.38. The molecular formula is C20H20N2. The maximum atomic E-state index is 3.49. The number of hydrogen-bond donors (Lipinski definition) is 2. The van der Waals surface area contributed by atoms with Crippen molar-refractivity contribution in [3.05, 3.63) is 71.5 Å². The van der Waals surface area contributed by atoms with Crippen LogP contribution in [-0.4, -0.2) is 9.97 Å². The Morgan fingerprint density at radius 2 is 1.59 bits per heavy atom. The first-order valence-electron chi connectivity index (χ1n) is 7.94. The summed E-state index contributed by atoms with van der Waals surface area (Å²) in [4.78, 5) is 6.88. The highest BCUT2D eigenvalue weighted by atomic mass is 14.7. The zero-order chi connectivity index (χ0) is 15.1. The van der Waals surface area contributed by atoms with Gasteiger partial charge in [0.25, 0.3) is 0 Å². The van der Waals surface area contributed by atoms with Gasteiger partial charge in [0.2, 0.25) is 0 Å². The van der Waals surface area contributed by atoms with Gasteiger partial charge in [-0.25, -0.2) is 0 Å². The second kappa shape index (κ2) is 5.06. The van der Waals surface area contributed by atoms with E-state index in [0.29, 0.717) is 5.92 Å². The fourth-order valence-corrected chi connectivity index (χ4v) is 3.51. The van der Waals surface area contributed by atoms with Gasteiger partial charge in [0.05, 0.1) is 0 Å². The molecule has 1 unspecified atom stereocenters. The first-order chi connectivity index (χ1) is 10.8. The maximum absolute atomic E-state index is 3.49. The molecule has 0 spiro atoms. The summed E-state index contributed by atoms with van der Waals surface area (Å²) in [5.41, 5.74) is 6.61. The first-order valence-corrected chi connectivity index (χ1v) is 7.94. The van der Waals surface area contributed by atoms with E-state index in [1.165, 1.54) is 38.5 Å². The highest BCUT2D eigenvalue weighted by molar-refractivity contribution is 5.89. The van der Waals surface area contributed by atoms with E-state index in [2.05, 4.69) is 78.7 Å². The van der Waals surface area contributed by atoms with Crippen LogP contribution in [0.5, 0.6) is 0 Å². The van der Waals surface area contributed by atoms with Crippen LogP contribution in [-0.2, 0) is 6.42 Å². The van der Waals surface area contributed by atoms with Crippen LogP contribution < -0.4 is 0 Å². The number of aromatic nitrogens is 2. The van der Waals surface area contributed by atoms with E-state index in [4.69, 9.17) is 0 Å². The molecule has 0 bridgehead atoms. The van der Waals surface area contributed by atoms with Crippen molar-refractivity contribution in [2.24, 2.45) is 0 Å². The summed E-state index contributed by atoms with van der Waals surface area (Å²) in [6, 6.07) is 15.1. The summed E-state index contributed by atoms with van der Waals surface area (Å²) in [6.45, 7) is 4.50. The molecule has 2 heterocycles. The van der Waals surface area contributed by atoms with Gasteiger partial charge in [-0.3, -0.25) is 0 Å². The van der Waals surface area contributed by atoms with Crippen LogP contribution in [0, 0.1) is 0 Å². The molecule has 110 valence electrons. The molecule has 1 atom stereocenters. The largest absolute Gasteiger partial charge is 0.361 e. The predicted octanol–water partition coefficient (Wildman–Crippen LogP) is 5.36. The van der Waals surface area contributed by atoms with Gasteiger partial charge in [-0.1, -0.05) is 50.2 Å². The molecule has 2 aromatic heterocycles. The van der Waals surface area contributed by atoms with Crippen LogP contribution in [0.4, 0.5) is 0 Å². The minimum atomic E-state index is 0.358. The van der Waals surface area contributed by atoms with Crippen molar-refractivity contribution in [3.8, 4) is 0 Å². The molecule has 0 aliphatic carbocycles. The van der Waals surface area contributed by atoms with Crippen molar-refractivity contribution < 1.29 is 0 Å². The number of H-pyrrole nitrogens is 2. The van der Waals surface area contributed by atoms with Gasteiger partial charge in [-0.15, -0.1) is 0 Å². The number of nitrogens with one attached hydrogen (secondary N) is 2. The average Bonchev–Trinajstić information content (AvgIpc) is 3.18. The van der Waals surface area contributed by atoms with Crippen LogP contribution in [0.2, 0.25) is 0 Å². The van der Waals surface area contributed by atoms with Crippen LogP contribution >= 0.6 is 0 Å². The van der Waals surface area contributed by atoms with E-state index in [-0.39, 0.29) is 0 Å². The monoisotopic (exact) mass is 288 g/mol. The molecule has 4 aromatic rings. The van der Waals surface area contributed by atoms with Gasteiger partial charge in [-0.2, -0.15) is 0 Å². The molecule has 22 heavy (non-hydrogen) atoms. The number of fused-ring (bicyclic) bond motifs is 2. The van der Waals surface area contributed by atoms with Gasteiger partial charge in [-0.05, 0) is 29.2 Å². The molecule has 0 fully saturated rings. The molecule has 2 heteroatoms. The van der Waals surface area contributed by atoms with Crippen molar-refractivity contribution >= 4 is 21.8 Å². The van der Waals surface area contributed by atoms with E-state index in [0.717, 1.165) is 6.42 Å². The number of aryl methyl sites for hydroxylation is 1. The Kier molecular flexibility index (Phi) is 3.04. The Hall–Kier alpha value is -2.48. The molecule has 2 nitrogen and oxygen atoms in total. The van der Waals surface area contributed by atoms with Crippen LogP contribution in [0.3, 0.4) is 0 Å². The average molecular weight is 288 g/mol. The predicted molar refractivity (Wildman–Crippen MR) is 93.5 cm³/mol. The minimum Gasteiger partial charge on any atom is -0.361 e. The number of aromatic amines is 2. The SMILES string of the molecule is CCc1cccc2c(C(C)c3c[nH]c4ccccc34)c[nH]c12. The van der Waals surface area contributed by atoms with Crippen LogP contribution in [0.1, 0.15) is 36.5 Å². The third-order valence-electron chi connectivity index (χ3n) is 4.77. The molecule has 0 radical (unpaired) electrons. The molecule has 4 rings (SSSR count). The lowest BCUT2D eigenvalue weighted by Gasteiger charge is -2.10. The van der Waals surface area contributed by atoms with E-state index in [1.54, 1.807) is 0 Å². The zero-order valence-electron chi connectivity index (χ0n) is 13.0. The molecule has 2 N–H and O–H groups in total. The van der Waals surface area contributed by atoms with E-state index < -0.39 is 0 Å². The van der Waals surface area contributed by atoms with Crippen molar-refractivity contribution in [1.29, 1.82) is 0 Å². The van der Waals surface area contributed by atoms with Gasteiger partial charge in [0.15, 0.2) is 0 Å². The Morgan fingerprint density at radius 1 is 0.864 bits per heavy atom. The summed E-state index contributed by atoms with van der Waals surface area (Å²) in [5, 5.41) is 2.66. The second-order valence-corrected chi connectivity index (χ2v) is 5.95. The zero-order valence-corrected chi connectivity index (χ0v) is 13.0. The molecule has 0 aliphatic heterocycles. The lowest BCUT2D eigenvalue weighted by atomic mass is 9.92. The number of rotatable bonds is 3. The second-order valence-electron chi connectivity index (χ2n) is 5.95. The highest BCUT2D eigenvalue weighted by Gasteiger charge is 2.17. The van der Waals surface area contributed by atoms with Crippen molar-refractivity contribution in [1.82, 2.24) is 9.97 Å². The minimum absolute atomic E-state index is 0.358. The highest BCUT2D eigenvalue weighted by Crippen LogP contribution is 2.35. The fourth-order valence-electron chi connectivity index (χ4n) is 3.51. The lowest BCUT2D eigenvalue weighted by Crippen LogP contribution is -1.94. The molecule has 0 amide bonds. The molecule has 0 saturated heterocycles. The van der Waals surface area contributed by atoms with E-state index >= 15 is 0 Å². The lowest BCUT2D eigenvalue weighted by molar-refractivity contribution is 0.942. The maximum Gasteiger partial charge on any atom is 0.0489 e. The summed E-state index contributed by atoms with van der Waals surface area (Å²) in [7, 11) is 0.